The zero-order valence-corrected chi connectivity index (χ0v) is 19.3. The van der Waals surface area contributed by atoms with Crippen LogP contribution in [0.1, 0.15) is 42.5 Å². The van der Waals surface area contributed by atoms with E-state index in [9.17, 15) is 13.6 Å². The first-order valence-electron chi connectivity index (χ1n) is 11.1. The first-order valence-corrected chi connectivity index (χ1v) is 11.9. The first-order chi connectivity index (χ1) is 15.9. The van der Waals surface area contributed by atoms with Crippen molar-refractivity contribution in [2.24, 2.45) is 0 Å². The van der Waals surface area contributed by atoms with Gasteiger partial charge in [-0.2, -0.15) is 0 Å². The lowest BCUT2D eigenvalue weighted by Gasteiger charge is -2.22. The van der Waals surface area contributed by atoms with E-state index in [-0.39, 0.29) is 18.7 Å². The number of nitrogens with zero attached hydrogens (tertiary/aromatic N) is 2. The van der Waals surface area contributed by atoms with E-state index in [1.165, 1.54) is 12.0 Å². The molecule has 2 aliphatic carbocycles. The molecule has 0 bridgehead atoms. The summed E-state index contributed by atoms with van der Waals surface area (Å²) in [5, 5.41) is 9.40. The van der Waals surface area contributed by atoms with E-state index in [2.05, 4.69) is 28.1 Å². The van der Waals surface area contributed by atoms with Gasteiger partial charge in [0.25, 0.3) is 5.91 Å². The second-order valence-corrected chi connectivity index (χ2v) is 8.97. The summed E-state index contributed by atoms with van der Waals surface area (Å²) in [6.45, 7) is 2.41. The normalized spacial score (nSPS) is 15.5. The Morgan fingerprint density at radius 1 is 1.21 bits per heavy atom. The summed E-state index contributed by atoms with van der Waals surface area (Å²) in [5.41, 5.74) is 5.17. The van der Waals surface area contributed by atoms with Crippen LogP contribution >= 0.6 is 11.3 Å². The molecule has 2 aromatic heterocycles. The number of aromatic nitrogens is 2. The standard InChI is InChI=1S/C21H22BN4OS.C3H4F2/c1-22-26-11-10-17(13-26)20(27)23-12-18(15-8-5-9-15)24-21-25-19(14-28-21)16-6-3-2-4-7-16;4-3(5)1-2-3/h2-4,6-7,10-11,13-14H,5,8-9,12H2,1H3,(H,23,27)(H,24,25);1-2H2. The smallest absolute Gasteiger partial charge is 0.253 e. The fourth-order valence-electron chi connectivity index (χ4n) is 3.19. The molecule has 0 atom stereocenters. The van der Waals surface area contributed by atoms with Crippen LogP contribution in [0, 0.1) is 0 Å². The molecule has 0 spiro atoms. The number of thiazole rings is 1. The average Bonchev–Trinajstić information content (AvgIpc) is 3.18. The minimum atomic E-state index is -2.25. The lowest BCUT2D eigenvalue weighted by molar-refractivity contribution is 0.0957. The summed E-state index contributed by atoms with van der Waals surface area (Å²) < 4.78 is 24.1. The number of anilines is 1. The van der Waals surface area contributed by atoms with Gasteiger partial charge in [0, 0.05) is 35.7 Å². The van der Waals surface area contributed by atoms with E-state index in [0.717, 1.165) is 34.9 Å². The van der Waals surface area contributed by atoms with Gasteiger partial charge in [0.15, 0.2) is 5.13 Å². The Balaban J connectivity index is 0.000000459. The van der Waals surface area contributed by atoms with Crippen LogP contribution < -0.4 is 10.6 Å². The van der Waals surface area contributed by atoms with Crippen molar-refractivity contribution in [3.05, 3.63) is 71.0 Å². The molecule has 3 aromatic rings. The van der Waals surface area contributed by atoms with Gasteiger partial charge in [0.1, 0.15) is 0 Å². The monoisotopic (exact) mass is 467 g/mol. The van der Waals surface area contributed by atoms with Crippen LogP contribution in [0.3, 0.4) is 0 Å². The summed E-state index contributed by atoms with van der Waals surface area (Å²) in [5.74, 6) is -2.32. The fraction of sp³-hybridized carbons (Fsp3) is 0.333. The van der Waals surface area contributed by atoms with Crippen LogP contribution in [0.5, 0.6) is 0 Å². The zero-order chi connectivity index (χ0) is 23.3. The van der Waals surface area contributed by atoms with Crippen molar-refractivity contribution in [3.8, 4) is 11.3 Å². The molecule has 2 fully saturated rings. The Bertz CT molecular complexity index is 1110. The SMILES string of the molecule is C[B]n1ccc(C(=O)NCC(Nc2nc(-c3ccccc3)cs2)=C2CCC2)c1.FC1(F)CC1. The first kappa shape index (κ1) is 23.2. The summed E-state index contributed by atoms with van der Waals surface area (Å²) in [6.07, 6.45) is 7.30. The molecule has 0 aliphatic heterocycles. The molecule has 1 aromatic carbocycles. The summed E-state index contributed by atoms with van der Waals surface area (Å²) in [7, 11) is 1.91. The van der Waals surface area contributed by atoms with Crippen molar-refractivity contribution in [3.63, 3.8) is 0 Å². The minimum absolute atomic E-state index is 0.0658. The molecule has 9 heteroatoms. The Morgan fingerprint density at radius 2 is 1.94 bits per heavy atom. The molecule has 2 aliphatic rings. The summed E-state index contributed by atoms with van der Waals surface area (Å²) in [6, 6.07) is 12.0. The zero-order valence-electron chi connectivity index (χ0n) is 18.5. The number of benzene rings is 1. The largest absolute Gasteiger partial charge is 0.402 e. The van der Waals surface area contributed by atoms with Crippen molar-refractivity contribution in [1.29, 1.82) is 0 Å². The molecule has 5 rings (SSSR count). The highest BCUT2D eigenvalue weighted by molar-refractivity contribution is 7.14. The second-order valence-electron chi connectivity index (χ2n) is 8.11. The van der Waals surface area contributed by atoms with Gasteiger partial charge in [-0.1, -0.05) is 37.2 Å². The molecule has 171 valence electrons. The van der Waals surface area contributed by atoms with Crippen LogP contribution in [0.25, 0.3) is 11.3 Å². The number of carbonyl (C=O) groups is 1. The number of amides is 1. The molecule has 33 heavy (non-hydrogen) atoms. The van der Waals surface area contributed by atoms with Gasteiger partial charge in [-0.05, 0) is 37.1 Å². The Morgan fingerprint density at radius 3 is 2.52 bits per heavy atom. The maximum Gasteiger partial charge on any atom is 0.253 e. The third-order valence-corrected chi connectivity index (χ3v) is 6.30. The molecule has 1 radical (unpaired) electrons. The quantitative estimate of drug-likeness (QED) is 0.431. The van der Waals surface area contributed by atoms with E-state index < -0.39 is 5.92 Å². The molecule has 0 saturated heterocycles. The Kier molecular flexibility index (Phi) is 7.28. The van der Waals surface area contributed by atoms with Crippen LogP contribution in [-0.4, -0.2) is 35.3 Å². The number of hydrogen-bond acceptors (Lipinski definition) is 4. The summed E-state index contributed by atoms with van der Waals surface area (Å²) >= 11 is 1.59. The highest BCUT2D eigenvalue weighted by atomic mass is 32.1. The highest BCUT2D eigenvalue weighted by Gasteiger charge is 2.43. The van der Waals surface area contributed by atoms with Gasteiger partial charge in [-0.25, -0.2) is 13.8 Å². The molecule has 0 unspecified atom stereocenters. The fourth-order valence-corrected chi connectivity index (χ4v) is 3.93. The van der Waals surface area contributed by atoms with Crippen molar-refractivity contribution < 1.29 is 13.6 Å². The number of rotatable bonds is 7. The van der Waals surface area contributed by atoms with Gasteiger partial charge in [-0.3, -0.25) is 4.79 Å². The lowest BCUT2D eigenvalue weighted by Crippen LogP contribution is -2.29. The molecule has 1 amide bonds. The van der Waals surface area contributed by atoms with E-state index in [1.54, 1.807) is 11.3 Å². The van der Waals surface area contributed by atoms with Crippen LogP contribution in [0.15, 0.2) is 65.4 Å². The van der Waals surface area contributed by atoms with Crippen molar-refractivity contribution in [2.75, 3.05) is 11.9 Å². The number of nitrogens with one attached hydrogen (secondary N) is 2. The van der Waals surface area contributed by atoms with Gasteiger partial charge in [-0.15, -0.1) is 11.3 Å². The maximum atomic E-state index is 12.4. The lowest BCUT2D eigenvalue weighted by atomic mass is 9.90. The number of hydrogen-bond donors (Lipinski definition) is 2. The van der Waals surface area contributed by atoms with Crippen LogP contribution in [-0.2, 0) is 0 Å². The van der Waals surface area contributed by atoms with E-state index in [0.29, 0.717) is 12.1 Å². The average molecular weight is 467 g/mol. The third-order valence-electron chi connectivity index (χ3n) is 5.54. The van der Waals surface area contributed by atoms with E-state index >= 15 is 0 Å². The Hall–Kier alpha value is -2.94. The molecule has 5 nitrogen and oxygen atoms in total. The highest BCUT2D eigenvalue weighted by Crippen LogP contribution is 2.40. The van der Waals surface area contributed by atoms with Crippen molar-refractivity contribution in [2.45, 2.75) is 44.8 Å². The van der Waals surface area contributed by atoms with Gasteiger partial charge >= 0.3 is 0 Å². The third kappa shape index (κ3) is 6.54. The van der Waals surface area contributed by atoms with Crippen LogP contribution in [0.4, 0.5) is 13.9 Å². The predicted octanol–water partition coefficient (Wildman–Crippen LogP) is 5.82. The van der Waals surface area contributed by atoms with E-state index in [4.69, 9.17) is 4.98 Å². The van der Waals surface area contributed by atoms with Gasteiger partial charge in [0.05, 0.1) is 17.8 Å². The number of allylic oxidation sites excluding steroid dienone is 1. The summed E-state index contributed by atoms with van der Waals surface area (Å²) in [4.78, 5) is 17.2. The number of halogens is 2. The van der Waals surface area contributed by atoms with Crippen LogP contribution in [0.2, 0.25) is 6.82 Å². The second kappa shape index (κ2) is 10.3. The minimum Gasteiger partial charge on any atom is -0.402 e. The predicted molar refractivity (Wildman–Crippen MR) is 130 cm³/mol. The van der Waals surface area contributed by atoms with E-state index in [1.807, 2.05) is 55.4 Å². The van der Waals surface area contributed by atoms with Gasteiger partial charge in [0.2, 0.25) is 13.3 Å². The molecule has 2 N–H and O–H groups in total. The maximum absolute atomic E-state index is 12.4. The molecular formula is C24H26BF2N4OS. The molecular weight excluding hydrogens is 441 g/mol. The molecule has 2 saturated carbocycles. The van der Waals surface area contributed by atoms with Crippen molar-refractivity contribution in [1.82, 2.24) is 14.8 Å². The molecule has 2 heterocycles. The number of alkyl halides is 2. The number of carbonyl (C=O) groups excluding carboxylic acids is 1. The van der Waals surface area contributed by atoms with Crippen molar-refractivity contribution >= 4 is 29.8 Å². The van der Waals surface area contributed by atoms with Gasteiger partial charge < -0.3 is 15.1 Å². The topological polar surface area (TPSA) is 59.0 Å². The Labute approximate surface area is 197 Å².